The molecule has 2 aromatic rings. The van der Waals surface area contributed by atoms with E-state index in [1.165, 1.54) is 22.7 Å². The lowest BCUT2D eigenvalue weighted by Gasteiger charge is -2.13. The Morgan fingerprint density at radius 2 is 2.28 bits per heavy atom. The van der Waals surface area contributed by atoms with E-state index in [0.29, 0.717) is 6.54 Å². The number of aromatic nitrogens is 2. The molecule has 1 unspecified atom stereocenters. The van der Waals surface area contributed by atoms with E-state index < -0.39 is 0 Å². The number of aryl methyl sites for hydroxylation is 2. The molecule has 2 N–H and O–H groups in total. The van der Waals surface area contributed by atoms with Crippen molar-refractivity contribution in [3.05, 3.63) is 41.2 Å². The van der Waals surface area contributed by atoms with Crippen molar-refractivity contribution < 1.29 is 0 Å². The van der Waals surface area contributed by atoms with Gasteiger partial charge in [-0.1, -0.05) is 48.5 Å². The van der Waals surface area contributed by atoms with Crippen LogP contribution >= 0.6 is 23.3 Å². The van der Waals surface area contributed by atoms with E-state index in [-0.39, 0.29) is 5.25 Å². The lowest BCUT2D eigenvalue weighted by Crippen LogP contribution is -2.09. The summed E-state index contributed by atoms with van der Waals surface area (Å²) in [6.07, 6.45) is 0.884. The van der Waals surface area contributed by atoms with Crippen molar-refractivity contribution in [3.8, 4) is 0 Å². The van der Waals surface area contributed by atoms with Crippen molar-refractivity contribution in [2.24, 2.45) is 5.73 Å². The highest BCUT2D eigenvalue weighted by atomic mass is 32.2. The SMILES string of the molecule is CCc1nsc(SC(CN)c2cccc(C)c2)n1. The molecule has 1 atom stereocenters. The molecule has 0 radical (unpaired) electrons. The van der Waals surface area contributed by atoms with Crippen molar-refractivity contribution in [2.75, 3.05) is 6.54 Å². The Morgan fingerprint density at radius 3 is 2.89 bits per heavy atom. The first kappa shape index (κ1) is 13.5. The summed E-state index contributed by atoms with van der Waals surface area (Å²) >= 11 is 3.17. The zero-order valence-corrected chi connectivity index (χ0v) is 12.2. The van der Waals surface area contributed by atoms with Crippen LogP contribution in [0.25, 0.3) is 0 Å². The molecule has 0 aliphatic heterocycles. The van der Waals surface area contributed by atoms with Crippen molar-refractivity contribution in [2.45, 2.75) is 29.9 Å². The third-order valence-electron chi connectivity index (χ3n) is 2.64. The van der Waals surface area contributed by atoms with Gasteiger partial charge in [-0.25, -0.2) is 4.98 Å². The van der Waals surface area contributed by atoms with Gasteiger partial charge in [0.15, 0.2) is 4.34 Å². The van der Waals surface area contributed by atoms with Crippen LogP contribution in [-0.2, 0) is 6.42 Å². The highest BCUT2D eigenvalue weighted by Gasteiger charge is 2.14. The summed E-state index contributed by atoms with van der Waals surface area (Å²) in [6, 6.07) is 8.49. The highest BCUT2D eigenvalue weighted by molar-refractivity contribution is 8.01. The van der Waals surface area contributed by atoms with Gasteiger partial charge in [0.05, 0.1) is 0 Å². The fourth-order valence-corrected chi connectivity index (χ4v) is 3.59. The highest BCUT2D eigenvalue weighted by Crippen LogP contribution is 2.35. The molecular formula is C13H17N3S2. The van der Waals surface area contributed by atoms with Crippen LogP contribution in [0.1, 0.15) is 29.1 Å². The monoisotopic (exact) mass is 279 g/mol. The van der Waals surface area contributed by atoms with Gasteiger partial charge in [-0.05, 0) is 24.0 Å². The lowest BCUT2D eigenvalue weighted by molar-refractivity contribution is 0.930. The molecule has 5 heteroatoms. The van der Waals surface area contributed by atoms with Gasteiger partial charge in [-0.15, -0.1) is 0 Å². The number of benzene rings is 1. The molecule has 0 spiro atoms. The summed E-state index contributed by atoms with van der Waals surface area (Å²) in [5.41, 5.74) is 8.40. The van der Waals surface area contributed by atoms with Crippen LogP contribution in [0.3, 0.4) is 0 Å². The minimum Gasteiger partial charge on any atom is -0.329 e. The maximum Gasteiger partial charge on any atom is 0.170 e. The molecule has 1 aromatic heterocycles. The average molecular weight is 279 g/mol. The molecule has 0 bridgehead atoms. The molecule has 0 amide bonds. The van der Waals surface area contributed by atoms with Crippen molar-refractivity contribution in [1.29, 1.82) is 0 Å². The number of hydrogen-bond donors (Lipinski definition) is 1. The second kappa shape index (κ2) is 6.31. The molecule has 0 saturated carbocycles. The van der Waals surface area contributed by atoms with Crippen molar-refractivity contribution >= 4 is 23.3 Å². The molecule has 3 nitrogen and oxygen atoms in total. The summed E-state index contributed by atoms with van der Waals surface area (Å²) in [5.74, 6) is 0.919. The number of hydrogen-bond acceptors (Lipinski definition) is 5. The molecule has 18 heavy (non-hydrogen) atoms. The second-order valence-corrected chi connectivity index (χ2v) is 6.29. The third kappa shape index (κ3) is 3.31. The van der Waals surface area contributed by atoms with Crippen LogP contribution in [0.15, 0.2) is 28.6 Å². The van der Waals surface area contributed by atoms with Crippen LogP contribution in [-0.4, -0.2) is 15.9 Å². The minimum absolute atomic E-state index is 0.252. The maximum atomic E-state index is 5.88. The van der Waals surface area contributed by atoms with E-state index in [1.54, 1.807) is 11.8 Å². The summed E-state index contributed by atoms with van der Waals surface area (Å²) in [6.45, 7) is 4.77. The molecule has 96 valence electrons. The fraction of sp³-hybridized carbons (Fsp3) is 0.385. The molecule has 0 aliphatic rings. The summed E-state index contributed by atoms with van der Waals surface area (Å²) in [7, 11) is 0. The van der Waals surface area contributed by atoms with Gasteiger partial charge in [0.25, 0.3) is 0 Å². The van der Waals surface area contributed by atoms with E-state index in [1.807, 2.05) is 0 Å². The van der Waals surface area contributed by atoms with Crippen LogP contribution in [0.4, 0.5) is 0 Å². The Morgan fingerprint density at radius 1 is 1.44 bits per heavy atom. The molecule has 1 heterocycles. The third-order valence-corrected chi connectivity index (χ3v) is 4.74. The van der Waals surface area contributed by atoms with Crippen LogP contribution < -0.4 is 5.73 Å². The predicted octanol–water partition coefficient (Wildman–Crippen LogP) is 3.20. The molecule has 2 rings (SSSR count). The van der Waals surface area contributed by atoms with Gasteiger partial charge in [0.1, 0.15) is 5.82 Å². The number of rotatable bonds is 5. The van der Waals surface area contributed by atoms with Gasteiger partial charge in [0.2, 0.25) is 0 Å². The molecular weight excluding hydrogens is 262 g/mol. The summed E-state index contributed by atoms with van der Waals surface area (Å²) < 4.78 is 5.31. The predicted molar refractivity (Wildman–Crippen MR) is 78.1 cm³/mol. The molecule has 0 saturated heterocycles. The number of nitrogens with two attached hydrogens (primary N) is 1. The lowest BCUT2D eigenvalue weighted by atomic mass is 10.1. The molecule has 0 aliphatic carbocycles. The van der Waals surface area contributed by atoms with Gasteiger partial charge in [0, 0.05) is 18.2 Å². The Hall–Kier alpha value is -0.910. The summed E-state index contributed by atoms with van der Waals surface area (Å²) in [4.78, 5) is 4.48. The van der Waals surface area contributed by atoms with Crippen LogP contribution in [0, 0.1) is 6.92 Å². The Bertz CT molecular complexity index is 510. The van der Waals surface area contributed by atoms with E-state index in [0.717, 1.165) is 16.6 Å². The van der Waals surface area contributed by atoms with Crippen LogP contribution in [0.5, 0.6) is 0 Å². The van der Waals surface area contributed by atoms with Gasteiger partial charge in [-0.2, -0.15) is 4.37 Å². The smallest absolute Gasteiger partial charge is 0.170 e. The topological polar surface area (TPSA) is 51.8 Å². The normalized spacial score (nSPS) is 12.6. The first-order valence-electron chi connectivity index (χ1n) is 5.98. The van der Waals surface area contributed by atoms with Gasteiger partial charge < -0.3 is 5.73 Å². The first-order chi connectivity index (χ1) is 8.72. The Kier molecular flexibility index (Phi) is 4.74. The Labute approximate surface area is 116 Å². The standard InChI is InChI=1S/C13H17N3S2/c1-3-12-15-13(18-16-12)17-11(8-14)10-6-4-5-9(2)7-10/h4-7,11H,3,8,14H2,1-2H3. The maximum absolute atomic E-state index is 5.88. The van der Waals surface area contributed by atoms with Gasteiger partial charge >= 0.3 is 0 Å². The quantitative estimate of drug-likeness (QED) is 0.854. The first-order valence-corrected chi connectivity index (χ1v) is 7.64. The minimum atomic E-state index is 0.252. The average Bonchev–Trinajstić information content (AvgIpc) is 2.83. The van der Waals surface area contributed by atoms with E-state index in [2.05, 4.69) is 47.5 Å². The van der Waals surface area contributed by atoms with Crippen molar-refractivity contribution in [3.63, 3.8) is 0 Å². The summed E-state index contributed by atoms with van der Waals surface area (Å²) in [5, 5.41) is 0.252. The van der Waals surface area contributed by atoms with E-state index >= 15 is 0 Å². The Balaban J connectivity index is 2.14. The number of nitrogens with zero attached hydrogens (tertiary/aromatic N) is 2. The zero-order chi connectivity index (χ0) is 13.0. The van der Waals surface area contributed by atoms with Gasteiger partial charge in [-0.3, -0.25) is 0 Å². The second-order valence-electron chi connectivity index (χ2n) is 4.09. The fourth-order valence-electron chi connectivity index (χ4n) is 1.67. The van der Waals surface area contributed by atoms with Crippen molar-refractivity contribution in [1.82, 2.24) is 9.36 Å². The van der Waals surface area contributed by atoms with E-state index in [4.69, 9.17) is 5.73 Å². The largest absolute Gasteiger partial charge is 0.329 e. The molecule has 1 aromatic carbocycles. The van der Waals surface area contributed by atoms with E-state index in [9.17, 15) is 0 Å². The zero-order valence-electron chi connectivity index (χ0n) is 10.6. The molecule has 0 fully saturated rings. The number of thioether (sulfide) groups is 1. The van der Waals surface area contributed by atoms with Crippen LogP contribution in [0.2, 0.25) is 0 Å².